The highest BCUT2D eigenvalue weighted by molar-refractivity contribution is 9.10. The van der Waals surface area contributed by atoms with Crippen molar-refractivity contribution in [3.05, 3.63) is 59.1 Å². The fourth-order valence-electron chi connectivity index (χ4n) is 1.54. The number of nitrogens with one attached hydrogen (secondary N) is 1. The minimum atomic E-state index is 0.0470. The van der Waals surface area contributed by atoms with E-state index in [-0.39, 0.29) is 5.91 Å². The fraction of sp³-hybridized carbons (Fsp3) is 0.133. The van der Waals surface area contributed by atoms with Crippen LogP contribution in [0.2, 0.25) is 0 Å². The zero-order chi connectivity index (χ0) is 13.5. The average Bonchev–Trinajstić information content (AvgIpc) is 2.43. The maximum atomic E-state index is 11.8. The number of halogens is 1. The Labute approximate surface area is 125 Å². The summed E-state index contributed by atoms with van der Waals surface area (Å²) in [7, 11) is 0. The van der Waals surface area contributed by atoms with Crippen molar-refractivity contribution in [1.82, 2.24) is 0 Å². The lowest BCUT2D eigenvalue weighted by Crippen LogP contribution is -2.11. The Morgan fingerprint density at radius 3 is 2.42 bits per heavy atom. The molecule has 0 aliphatic heterocycles. The van der Waals surface area contributed by atoms with Gasteiger partial charge >= 0.3 is 0 Å². The summed E-state index contributed by atoms with van der Waals surface area (Å²) in [5.74, 6) is 0.831. The molecule has 0 radical (unpaired) electrons. The molecule has 0 saturated carbocycles. The Morgan fingerprint density at radius 1 is 1.05 bits per heavy atom. The molecule has 2 aromatic carbocycles. The molecule has 1 N–H and O–H groups in total. The molecule has 0 atom stereocenters. The first kappa shape index (κ1) is 14.2. The molecule has 2 rings (SSSR count). The second kappa shape index (κ2) is 7.36. The van der Waals surface area contributed by atoms with Crippen molar-refractivity contribution in [2.75, 3.05) is 11.1 Å². The molecule has 2 aromatic rings. The van der Waals surface area contributed by atoms with E-state index in [1.54, 1.807) is 11.8 Å². The second-order valence-corrected chi connectivity index (χ2v) is 6.05. The van der Waals surface area contributed by atoms with E-state index in [0.29, 0.717) is 6.42 Å². The molecule has 0 fully saturated rings. The van der Waals surface area contributed by atoms with Crippen molar-refractivity contribution in [1.29, 1.82) is 0 Å². The first-order valence-electron chi connectivity index (χ1n) is 5.97. The quantitative estimate of drug-likeness (QED) is 0.811. The summed E-state index contributed by atoms with van der Waals surface area (Å²) in [6.45, 7) is 0. The van der Waals surface area contributed by atoms with Crippen LogP contribution in [-0.2, 0) is 4.79 Å². The van der Waals surface area contributed by atoms with Crippen molar-refractivity contribution in [2.45, 2.75) is 11.3 Å². The zero-order valence-electron chi connectivity index (χ0n) is 10.3. The van der Waals surface area contributed by atoms with E-state index in [4.69, 9.17) is 0 Å². The lowest BCUT2D eigenvalue weighted by Gasteiger charge is -2.05. The highest BCUT2D eigenvalue weighted by Crippen LogP contribution is 2.18. The van der Waals surface area contributed by atoms with Crippen LogP contribution in [0.5, 0.6) is 0 Å². The van der Waals surface area contributed by atoms with E-state index < -0.39 is 0 Å². The lowest BCUT2D eigenvalue weighted by molar-refractivity contribution is -0.115. The lowest BCUT2D eigenvalue weighted by atomic mass is 10.3. The largest absolute Gasteiger partial charge is 0.326 e. The first-order valence-corrected chi connectivity index (χ1v) is 7.75. The average molecular weight is 336 g/mol. The molecule has 0 spiro atoms. The normalized spacial score (nSPS) is 10.2. The van der Waals surface area contributed by atoms with Crippen LogP contribution >= 0.6 is 27.7 Å². The molecule has 0 bridgehead atoms. The summed E-state index contributed by atoms with van der Waals surface area (Å²) in [5.41, 5.74) is 0.831. The van der Waals surface area contributed by atoms with Crippen LogP contribution < -0.4 is 5.32 Å². The van der Waals surface area contributed by atoms with Crippen LogP contribution in [0.25, 0.3) is 0 Å². The number of carbonyl (C=O) groups excluding carboxylic acids is 1. The third kappa shape index (κ3) is 5.09. The van der Waals surface area contributed by atoms with Crippen molar-refractivity contribution >= 4 is 39.3 Å². The SMILES string of the molecule is O=C(CCSc1ccccc1)Nc1ccc(Br)cc1. The molecule has 98 valence electrons. The molecular formula is C15H14BrNOS. The molecule has 0 aliphatic carbocycles. The topological polar surface area (TPSA) is 29.1 Å². The Kier molecular flexibility index (Phi) is 5.48. The summed E-state index contributed by atoms with van der Waals surface area (Å²) < 4.78 is 1.00. The van der Waals surface area contributed by atoms with Gasteiger partial charge in [-0.05, 0) is 36.4 Å². The monoisotopic (exact) mass is 335 g/mol. The minimum absolute atomic E-state index is 0.0470. The highest BCUT2D eigenvalue weighted by atomic mass is 79.9. The van der Waals surface area contributed by atoms with Gasteiger partial charge in [-0.2, -0.15) is 0 Å². The van der Waals surface area contributed by atoms with Gasteiger partial charge < -0.3 is 5.32 Å². The summed E-state index contributed by atoms with van der Waals surface area (Å²) in [6, 6.07) is 17.7. The summed E-state index contributed by atoms with van der Waals surface area (Å²) in [4.78, 5) is 12.9. The highest BCUT2D eigenvalue weighted by Gasteiger charge is 2.02. The maximum absolute atomic E-state index is 11.8. The van der Waals surface area contributed by atoms with Gasteiger partial charge in [0, 0.05) is 27.2 Å². The predicted octanol–water partition coefficient (Wildman–Crippen LogP) is 4.57. The van der Waals surface area contributed by atoms with Crippen LogP contribution in [0, 0.1) is 0 Å². The van der Waals surface area contributed by atoms with Gasteiger partial charge in [-0.1, -0.05) is 34.1 Å². The molecule has 0 aliphatic rings. The third-order valence-corrected chi connectivity index (χ3v) is 4.01. The predicted molar refractivity (Wildman–Crippen MR) is 84.6 cm³/mol. The molecule has 0 unspecified atom stereocenters. The molecule has 4 heteroatoms. The van der Waals surface area contributed by atoms with Crippen molar-refractivity contribution < 1.29 is 4.79 Å². The van der Waals surface area contributed by atoms with Gasteiger partial charge in [-0.3, -0.25) is 4.79 Å². The van der Waals surface area contributed by atoms with E-state index >= 15 is 0 Å². The number of hydrogen-bond donors (Lipinski definition) is 1. The number of hydrogen-bond acceptors (Lipinski definition) is 2. The van der Waals surface area contributed by atoms with Crippen LogP contribution in [0.4, 0.5) is 5.69 Å². The van der Waals surface area contributed by atoms with Crippen LogP contribution in [0.3, 0.4) is 0 Å². The molecule has 0 aromatic heterocycles. The van der Waals surface area contributed by atoms with E-state index in [0.717, 1.165) is 15.9 Å². The van der Waals surface area contributed by atoms with Gasteiger partial charge in [-0.25, -0.2) is 0 Å². The molecule has 19 heavy (non-hydrogen) atoms. The van der Waals surface area contributed by atoms with Crippen molar-refractivity contribution in [3.63, 3.8) is 0 Å². The Balaban J connectivity index is 1.74. The minimum Gasteiger partial charge on any atom is -0.326 e. The summed E-state index contributed by atoms with van der Waals surface area (Å²) >= 11 is 5.06. The number of carbonyl (C=O) groups is 1. The van der Waals surface area contributed by atoms with Gasteiger partial charge in [0.05, 0.1) is 0 Å². The molecule has 1 amide bonds. The maximum Gasteiger partial charge on any atom is 0.225 e. The Bertz CT molecular complexity index is 528. The molecule has 2 nitrogen and oxygen atoms in total. The van der Waals surface area contributed by atoms with Gasteiger partial charge in [0.2, 0.25) is 5.91 Å². The van der Waals surface area contributed by atoms with E-state index in [9.17, 15) is 4.79 Å². The van der Waals surface area contributed by atoms with Gasteiger partial charge in [0.25, 0.3) is 0 Å². The van der Waals surface area contributed by atoms with E-state index in [1.807, 2.05) is 42.5 Å². The first-order chi connectivity index (χ1) is 9.24. The van der Waals surface area contributed by atoms with Gasteiger partial charge in [0.1, 0.15) is 0 Å². The molecule has 0 heterocycles. The van der Waals surface area contributed by atoms with Crippen LogP contribution in [0.1, 0.15) is 6.42 Å². The second-order valence-electron chi connectivity index (χ2n) is 3.97. The summed E-state index contributed by atoms with van der Waals surface area (Å²) in [6.07, 6.45) is 0.510. The number of benzene rings is 2. The summed E-state index contributed by atoms with van der Waals surface area (Å²) in [5, 5.41) is 2.88. The van der Waals surface area contributed by atoms with Crippen LogP contribution in [0.15, 0.2) is 64.0 Å². The number of thioether (sulfide) groups is 1. The van der Waals surface area contributed by atoms with Crippen molar-refractivity contribution in [2.24, 2.45) is 0 Å². The Hall–Kier alpha value is -1.26. The number of amides is 1. The fourth-order valence-corrected chi connectivity index (χ4v) is 2.67. The standard InChI is InChI=1S/C15H14BrNOS/c16-12-6-8-13(9-7-12)17-15(18)10-11-19-14-4-2-1-3-5-14/h1-9H,10-11H2,(H,17,18). The van der Waals surface area contributed by atoms with E-state index in [1.165, 1.54) is 4.90 Å². The number of rotatable bonds is 5. The van der Waals surface area contributed by atoms with Crippen LogP contribution in [-0.4, -0.2) is 11.7 Å². The smallest absolute Gasteiger partial charge is 0.225 e. The van der Waals surface area contributed by atoms with Crippen molar-refractivity contribution in [3.8, 4) is 0 Å². The van der Waals surface area contributed by atoms with Gasteiger partial charge in [0.15, 0.2) is 0 Å². The van der Waals surface area contributed by atoms with Gasteiger partial charge in [-0.15, -0.1) is 11.8 Å². The molecule has 0 saturated heterocycles. The molecular weight excluding hydrogens is 322 g/mol. The third-order valence-electron chi connectivity index (χ3n) is 2.47. The number of anilines is 1. The Morgan fingerprint density at radius 2 is 1.74 bits per heavy atom. The zero-order valence-corrected chi connectivity index (χ0v) is 12.7. The van der Waals surface area contributed by atoms with E-state index in [2.05, 4.69) is 33.4 Å².